The lowest BCUT2D eigenvalue weighted by Gasteiger charge is -2.13. The van der Waals surface area contributed by atoms with Crippen LogP contribution in [0.4, 0.5) is 5.69 Å². The standard InChI is InChI=1S/C21H23BrN2O4/c1-3-4-5-10-28-18-9-6-14(11-19(18)27-2)13-24-17-8-7-15(22)12-16(17)20(23-26)21(24)25/h6-9,11-12,25H,3-5,10,13H2,1-2H3. The largest absolute Gasteiger partial charge is 0.493 e. The number of hydrogen-bond donors (Lipinski definition) is 1. The summed E-state index contributed by atoms with van der Waals surface area (Å²) in [5, 5.41) is 14.1. The highest BCUT2D eigenvalue weighted by molar-refractivity contribution is 9.10. The molecule has 148 valence electrons. The third kappa shape index (κ3) is 4.14. The average Bonchev–Trinajstić information content (AvgIpc) is 2.96. The smallest absolute Gasteiger partial charge is 0.222 e. The second kappa shape index (κ2) is 9.10. The van der Waals surface area contributed by atoms with E-state index in [-0.39, 0.29) is 11.6 Å². The summed E-state index contributed by atoms with van der Waals surface area (Å²) in [7, 11) is 1.60. The van der Waals surface area contributed by atoms with Crippen molar-refractivity contribution in [2.24, 2.45) is 5.18 Å². The fourth-order valence-corrected chi connectivity index (χ4v) is 3.55. The first-order chi connectivity index (χ1) is 13.6. The van der Waals surface area contributed by atoms with Crippen LogP contribution in [-0.2, 0) is 6.54 Å². The van der Waals surface area contributed by atoms with Crippen LogP contribution >= 0.6 is 15.9 Å². The second-order valence-electron chi connectivity index (χ2n) is 6.55. The Morgan fingerprint density at radius 2 is 1.96 bits per heavy atom. The van der Waals surface area contributed by atoms with Crippen molar-refractivity contribution >= 4 is 32.5 Å². The van der Waals surface area contributed by atoms with Crippen LogP contribution in [-0.4, -0.2) is 23.4 Å². The first-order valence-electron chi connectivity index (χ1n) is 9.22. The number of rotatable bonds is 9. The van der Waals surface area contributed by atoms with Crippen LogP contribution < -0.4 is 9.47 Å². The van der Waals surface area contributed by atoms with Gasteiger partial charge in [0, 0.05) is 9.86 Å². The van der Waals surface area contributed by atoms with Crippen LogP contribution in [0.15, 0.2) is 46.0 Å². The van der Waals surface area contributed by atoms with Gasteiger partial charge in [-0.1, -0.05) is 41.8 Å². The van der Waals surface area contributed by atoms with Crippen molar-refractivity contribution in [3.8, 4) is 17.4 Å². The van der Waals surface area contributed by atoms with Crippen molar-refractivity contribution in [3.63, 3.8) is 0 Å². The number of hydrogen-bond acceptors (Lipinski definition) is 5. The highest BCUT2D eigenvalue weighted by Gasteiger charge is 2.18. The van der Waals surface area contributed by atoms with Crippen LogP contribution in [0.3, 0.4) is 0 Å². The van der Waals surface area contributed by atoms with Crippen molar-refractivity contribution < 1.29 is 14.6 Å². The molecular weight excluding hydrogens is 424 g/mol. The fourth-order valence-electron chi connectivity index (χ4n) is 3.19. The normalized spacial score (nSPS) is 11.0. The van der Waals surface area contributed by atoms with Gasteiger partial charge in [-0.2, -0.15) is 0 Å². The molecule has 0 fully saturated rings. The van der Waals surface area contributed by atoms with Gasteiger partial charge >= 0.3 is 0 Å². The predicted octanol–water partition coefficient (Wildman–Crippen LogP) is 6.13. The molecule has 1 aromatic heterocycles. The topological polar surface area (TPSA) is 73.0 Å². The zero-order valence-electron chi connectivity index (χ0n) is 15.9. The molecule has 28 heavy (non-hydrogen) atoms. The fraction of sp³-hybridized carbons (Fsp3) is 0.333. The van der Waals surface area contributed by atoms with Crippen LogP contribution in [0.5, 0.6) is 17.4 Å². The maximum Gasteiger partial charge on any atom is 0.222 e. The van der Waals surface area contributed by atoms with Crippen LogP contribution in [0.25, 0.3) is 10.9 Å². The zero-order valence-corrected chi connectivity index (χ0v) is 17.5. The van der Waals surface area contributed by atoms with Gasteiger partial charge in [-0.25, -0.2) is 0 Å². The van der Waals surface area contributed by atoms with Gasteiger partial charge in [0.05, 0.1) is 25.8 Å². The minimum absolute atomic E-state index is 0.0409. The summed E-state index contributed by atoms with van der Waals surface area (Å²) < 4.78 is 13.8. The van der Waals surface area contributed by atoms with Gasteiger partial charge in [-0.05, 0) is 47.5 Å². The summed E-state index contributed by atoms with van der Waals surface area (Å²) in [4.78, 5) is 11.2. The first kappa shape index (κ1) is 20.2. The molecule has 0 spiro atoms. The molecule has 0 radical (unpaired) electrons. The predicted molar refractivity (Wildman–Crippen MR) is 114 cm³/mol. The third-order valence-electron chi connectivity index (χ3n) is 4.64. The molecule has 0 amide bonds. The number of fused-ring (bicyclic) bond motifs is 1. The van der Waals surface area contributed by atoms with Gasteiger partial charge in [0.1, 0.15) is 0 Å². The minimum atomic E-state index is -0.151. The molecule has 3 aromatic rings. The summed E-state index contributed by atoms with van der Waals surface area (Å²) in [6, 6.07) is 11.2. The Hall–Kier alpha value is -2.54. The summed E-state index contributed by atoms with van der Waals surface area (Å²) in [6.07, 6.45) is 3.27. The highest BCUT2D eigenvalue weighted by Crippen LogP contribution is 2.40. The Labute approximate surface area is 172 Å². The molecule has 7 heteroatoms. The van der Waals surface area contributed by atoms with Gasteiger partial charge in [0.25, 0.3) is 0 Å². The number of aromatic hydroxyl groups is 1. The van der Waals surface area contributed by atoms with E-state index in [9.17, 15) is 10.0 Å². The van der Waals surface area contributed by atoms with E-state index in [1.165, 1.54) is 0 Å². The number of aromatic nitrogens is 1. The van der Waals surface area contributed by atoms with Gasteiger partial charge in [-0.15, -0.1) is 4.91 Å². The molecule has 0 aliphatic rings. The van der Waals surface area contributed by atoms with Crippen molar-refractivity contribution in [2.45, 2.75) is 32.7 Å². The Morgan fingerprint density at radius 3 is 2.68 bits per heavy atom. The van der Waals surface area contributed by atoms with E-state index in [0.717, 1.165) is 34.8 Å². The summed E-state index contributed by atoms with van der Waals surface area (Å²) in [6.45, 7) is 3.17. The highest BCUT2D eigenvalue weighted by atomic mass is 79.9. The molecular formula is C21H23BrN2O4. The maximum atomic E-state index is 11.2. The molecule has 0 aliphatic carbocycles. The summed E-state index contributed by atoms with van der Waals surface area (Å²) in [5.41, 5.74) is 1.68. The summed E-state index contributed by atoms with van der Waals surface area (Å²) in [5.74, 6) is 1.19. The number of nitrogens with zero attached hydrogens (tertiary/aromatic N) is 2. The average molecular weight is 447 g/mol. The minimum Gasteiger partial charge on any atom is -0.493 e. The molecule has 0 atom stereocenters. The zero-order chi connectivity index (χ0) is 20.1. The van der Waals surface area contributed by atoms with E-state index in [0.29, 0.717) is 30.0 Å². The van der Waals surface area contributed by atoms with Gasteiger partial charge in [-0.3, -0.25) is 0 Å². The molecule has 0 unspecified atom stereocenters. The molecule has 6 nitrogen and oxygen atoms in total. The molecule has 2 aromatic carbocycles. The molecule has 3 rings (SSSR count). The number of unbranched alkanes of at least 4 members (excludes halogenated alkanes) is 2. The number of ether oxygens (including phenoxy) is 2. The lowest BCUT2D eigenvalue weighted by Crippen LogP contribution is -2.02. The van der Waals surface area contributed by atoms with Crippen LogP contribution in [0, 0.1) is 4.91 Å². The number of halogens is 1. The van der Waals surface area contributed by atoms with E-state index in [1.54, 1.807) is 17.7 Å². The monoisotopic (exact) mass is 446 g/mol. The van der Waals surface area contributed by atoms with E-state index < -0.39 is 0 Å². The van der Waals surface area contributed by atoms with E-state index >= 15 is 0 Å². The number of benzene rings is 2. The van der Waals surface area contributed by atoms with Crippen molar-refractivity contribution in [2.75, 3.05) is 13.7 Å². The van der Waals surface area contributed by atoms with E-state index in [2.05, 4.69) is 28.0 Å². The SMILES string of the molecule is CCCCCOc1ccc(Cn2c(O)c(N=O)c3cc(Br)ccc32)cc1OC. The molecule has 0 saturated heterocycles. The molecule has 1 heterocycles. The van der Waals surface area contributed by atoms with E-state index in [4.69, 9.17) is 9.47 Å². The maximum absolute atomic E-state index is 11.2. The van der Waals surface area contributed by atoms with E-state index in [1.807, 2.05) is 30.3 Å². The van der Waals surface area contributed by atoms with Crippen LogP contribution in [0.1, 0.15) is 31.7 Å². The number of nitroso groups, excluding NO2 is 1. The van der Waals surface area contributed by atoms with Crippen molar-refractivity contribution in [1.29, 1.82) is 0 Å². The Balaban J connectivity index is 1.89. The van der Waals surface area contributed by atoms with Crippen molar-refractivity contribution in [1.82, 2.24) is 4.57 Å². The lowest BCUT2D eigenvalue weighted by molar-refractivity contribution is 0.286. The second-order valence-corrected chi connectivity index (χ2v) is 7.47. The third-order valence-corrected chi connectivity index (χ3v) is 5.13. The van der Waals surface area contributed by atoms with Gasteiger partial charge in [0.2, 0.25) is 5.88 Å². The van der Waals surface area contributed by atoms with Crippen LogP contribution in [0.2, 0.25) is 0 Å². The first-order valence-corrected chi connectivity index (χ1v) is 10.0. The summed E-state index contributed by atoms with van der Waals surface area (Å²) >= 11 is 3.39. The van der Waals surface area contributed by atoms with Gasteiger partial charge < -0.3 is 19.1 Å². The van der Waals surface area contributed by atoms with Gasteiger partial charge in [0.15, 0.2) is 17.2 Å². The molecule has 0 saturated carbocycles. The Kier molecular flexibility index (Phi) is 6.57. The quantitative estimate of drug-likeness (QED) is 0.316. The Bertz CT molecular complexity index is 984. The molecule has 0 aliphatic heterocycles. The Morgan fingerprint density at radius 1 is 1.14 bits per heavy atom. The lowest BCUT2D eigenvalue weighted by atomic mass is 10.2. The van der Waals surface area contributed by atoms with Crippen molar-refractivity contribution in [3.05, 3.63) is 51.3 Å². The number of methoxy groups -OCH3 is 1. The molecule has 1 N–H and O–H groups in total. The molecule has 0 bridgehead atoms.